The van der Waals surface area contributed by atoms with E-state index in [2.05, 4.69) is 6.92 Å². The van der Waals surface area contributed by atoms with E-state index in [4.69, 9.17) is 9.47 Å². The van der Waals surface area contributed by atoms with Gasteiger partial charge in [-0.25, -0.2) is 0 Å². The highest BCUT2D eigenvalue weighted by atomic mass is 16.5. The van der Waals surface area contributed by atoms with Gasteiger partial charge in [0.2, 0.25) is 0 Å². The molecule has 0 aliphatic carbocycles. The van der Waals surface area contributed by atoms with Gasteiger partial charge in [0.1, 0.15) is 11.5 Å². The van der Waals surface area contributed by atoms with Gasteiger partial charge in [-0.1, -0.05) is 37.3 Å². The van der Waals surface area contributed by atoms with Gasteiger partial charge in [0.15, 0.2) is 5.78 Å². The molecule has 0 aliphatic heterocycles. The molecule has 22 heavy (non-hydrogen) atoms. The van der Waals surface area contributed by atoms with Crippen LogP contribution in [0.15, 0.2) is 54.6 Å². The van der Waals surface area contributed by atoms with Gasteiger partial charge in [0, 0.05) is 5.56 Å². The Hall–Kier alpha value is -2.55. The molecule has 0 spiro atoms. The van der Waals surface area contributed by atoms with Crippen LogP contribution in [0.5, 0.6) is 11.5 Å². The number of carbonyl (C=O) groups is 1. The minimum absolute atomic E-state index is 0.0507. The van der Waals surface area contributed by atoms with Crippen LogP contribution in [0.25, 0.3) is 6.08 Å². The average molecular weight is 296 g/mol. The first-order chi connectivity index (χ1) is 10.7. The number of ketones is 1. The monoisotopic (exact) mass is 296 g/mol. The molecule has 2 rings (SSSR count). The predicted molar refractivity (Wildman–Crippen MR) is 88.6 cm³/mol. The lowest BCUT2D eigenvalue weighted by molar-refractivity contribution is 0.104. The molecule has 0 aliphatic rings. The highest BCUT2D eigenvalue weighted by Crippen LogP contribution is 2.16. The van der Waals surface area contributed by atoms with E-state index in [1.54, 1.807) is 37.5 Å². The first kappa shape index (κ1) is 15.8. The number of hydrogen-bond donors (Lipinski definition) is 0. The van der Waals surface area contributed by atoms with E-state index >= 15 is 0 Å². The zero-order chi connectivity index (χ0) is 15.8. The highest BCUT2D eigenvalue weighted by Gasteiger charge is 2.03. The first-order valence-corrected chi connectivity index (χ1v) is 7.32. The van der Waals surface area contributed by atoms with Crippen molar-refractivity contribution in [1.29, 1.82) is 0 Å². The van der Waals surface area contributed by atoms with Gasteiger partial charge in [-0.3, -0.25) is 4.79 Å². The average Bonchev–Trinajstić information content (AvgIpc) is 2.58. The van der Waals surface area contributed by atoms with Crippen LogP contribution in [0.4, 0.5) is 0 Å². The molecular formula is C19H20O3. The van der Waals surface area contributed by atoms with Crippen molar-refractivity contribution in [3.05, 3.63) is 65.7 Å². The van der Waals surface area contributed by atoms with Crippen LogP contribution in [-0.2, 0) is 0 Å². The number of methoxy groups -OCH3 is 1. The van der Waals surface area contributed by atoms with Crippen molar-refractivity contribution < 1.29 is 14.3 Å². The maximum atomic E-state index is 12.1. The van der Waals surface area contributed by atoms with Crippen LogP contribution in [-0.4, -0.2) is 19.5 Å². The van der Waals surface area contributed by atoms with Gasteiger partial charge in [-0.2, -0.15) is 0 Å². The summed E-state index contributed by atoms with van der Waals surface area (Å²) in [6.45, 7) is 2.78. The number of carbonyl (C=O) groups excluding carboxylic acids is 1. The third kappa shape index (κ3) is 4.48. The molecule has 0 saturated heterocycles. The van der Waals surface area contributed by atoms with Gasteiger partial charge in [0.05, 0.1) is 13.7 Å². The summed E-state index contributed by atoms with van der Waals surface area (Å²) in [5.41, 5.74) is 1.57. The zero-order valence-corrected chi connectivity index (χ0v) is 12.9. The quantitative estimate of drug-likeness (QED) is 0.562. The lowest BCUT2D eigenvalue weighted by atomic mass is 10.1. The molecule has 2 aromatic carbocycles. The molecule has 0 amide bonds. The van der Waals surface area contributed by atoms with E-state index in [1.165, 1.54) is 0 Å². The summed E-state index contributed by atoms with van der Waals surface area (Å²) in [5.74, 6) is 1.47. The third-order valence-corrected chi connectivity index (χ3v) is 3.13. The van der Waals surface area contributed by atoms with Crippen molar-refractivity contribution in [2.24, 2.45) is 0 Å². The molecule has 0 radical (unpaired) electrons. The van der Waals surface area contributed by atoms with E-state index in [1.807, 2.05) is 30.3 Å². The van der Waals surface area contributed by atoms with Crippen molar-refractivity contribution in [3.8, 4) is 11.5 Å². The second kappa shape index (κ2) is 8.03. The molecule has 0 fully saturated rings. The fourth-order valence-electron chi connectivity index (χ4n) is 1.94. The molecule has 2 aromatic rings. The van der Waals surface area contributed by atoms with Crippen LogP contribution in [0.2, 0.25) is 0 Å². The van der Waals surface area contributed by atoms with Gasteiger partial charge < -0.3 is 9.47 Å². The fraction of sp³-hybridized carbons (Fsp3) is 0.211. The van der Waals surface area contributed by atoms with Gasteiger partial charge in [0.25, 0.3) is 0 Å². The molecule has 0 saturated carbocycles. The fourth-order valence-corrected chi connectivity index (χ4v) is 1.94. The summed E-state index contributed by atoms with van der Waals surface area (Å²) in [6, 6.07) is 14.8. The minimum atomic E-state index is -0.0507. The number of allylic oxidation sites excluding steroid dienone is 1. The standard InChI is InChI=1S/C19H20O3/c1-3-13-22-17-10-7-15(8-11-17)9-12-19(20)16-5-4-6-18(14-16)21-2/h4-12,14H,3,13H2,1-2H3. The molecule has 0 N–H and O–H groups in total. The van der Waals surface area contributed by atoms with Crippen molar-refractivity contribution >= 4 is 11.9 Å². The second-order valence-electron chi connectivity index (χ2n) is 4.85. The lowest BCUT2D eigenvalue weighted by Gasteiger charge is -2.04. The Morgan fingerprint density at radius 3 is 2.55 bits per heavy atom. The summed E-state index contributed by atoms with van der Waals surface area (Å²) in [5, 5.41) is 0. The smallest absolute Gasteiger partial charge is 0.185 e. The topological polar surface area (TPSA) is 35.5 Å². The van der Waals surface area contributed by atoms with Crippen LogP contribution < -0.4 is 9.47 Å². The predicted octanol–water partition coefficient (Wildman–Crippen LogP) is 4.38. The Labute approximate surface area is 131 Å². The Bertz CT molecular complexity index is 642. The second-order valence-corrected chi connectivity index (χ2v) is 4.85. The molecular weight excluding hydrogens is 276 g/mol. The Kier molecular flexibility index (Phi) is 5.78. The Morgan fingerprint density at radius 1 is 1.09 bits per heavy atom. The molecule has 0 bridgehead atoms. The molecule has 0 unspecified atom stereocenters. The Morgan fingerprint density at radius 2 is 1.86 bits per heavy atom. The summed E-state index contributed by atoms with van der Waals surface area (Å²) in [7, 11) is 1.58. The Balaban J connectivity index is 2.02. The van der Waals surface area contributed by atoms with Gasteiger partial charge >= 0.3 is 0 Å². The van der Waals surface area contributed by atoms with Crippen molar-refractivity contribution in [3.63, 3.8) is 0 Å². The van der Waals surface area contributed by atoms with E-state index in [0.29, 0.717) is 17.9 Å². The number of hydrogen-bond acceptors (Lipinski definition) is 3. The SMILES string of the molecule is CCCOc1ccc(C=CC(=O)c2cccc(OC)c2)cc1. The van der Waals surface area contributed by atoms with E-state index in [-0.39, 0.29) is 5.78 Å². The molecule has 0 atom stereocenters. The normalized spacial score (nSPS) is 10.6. The van der Waals surface area contributed by atoms with E-state index in [9.17, 15) is 4.79 Å². The lowest BCUT2D eigenvalue weighted by Crippen LogP contribution is -1.95. The molecule has 3 heteroatoms. The number of ether oxygens (including phenoxy) is 2. The molecule has 0 heterocycles. The van der Waals surface area contributed by atoms with Crippen LogP contribution in [0, 0.1) is 0 Å². The van der Waals surface area contributed by atoms with Crippen LogP contribution in [0.1, 0.15) is 29.3 Å². The van der Waals surface area contributed by atoms with E-state index < -0.39 is 0 Å². The molecule has 3 nitrogen and oxygen atoms in total. The number of rotatable bonds is 7. The summed E-state index contributed by atoms with van der Waals surface area (Å²) in [6.07, 6.45) is 4.35. The van der Waals surface area contributed by atoms with Crippen molar-refractivity contribution in [2.45, 2.75) is 13.3 Å². The zero-order valence-electron chi connectivity index (χ0n) is 12.9. The maximum Gasteiger partial charge on any atom is 0.185 e. The minimum Gasteiger partial charge on any atom is -0.497 e. The first-order valence-electron chi connectivity index (χ1n) is 7.32. The van der Waals surface area contributed by atoms with Crippen LogP contribution >= 0.6 is 0 Å². The maximum absolute atomic E-state index is 12.1. The van der Waals surface area contributed by atoms with Crippen molar-refractivity contribution in [1.82, 2.24) is 0 Å². The van der Waals surface area contributed by atoms with Gasteiger partial charge in [-0.15, -0.1) is 0 Å². The van der Waals surface area contributed by atoms with Crippen molar-refractivity contribution in [2.75, 3.05) is 13.7 Å². The largest absolute Gasteiger partial charge is 0.497 e. The summed E-state index contributed by atoms with van der Waals surface area (Å²) >= 11 is 0. The summed E-state index contributed by atoms with van der Waals surface area (Å²) < 4.78 is 10.6. The number of benzene rings is 2. The van der Waals surface area contributed by atoms with Crippen LogP contribution in [0.3, 0.4) is 0 Å². The van der Waals surface area contributed by atoms with Gasteiger partial charge in [-0.05, 0) is 42.3 Å². The molecule has 114 valence electrons. The highest BCUT2D eigenvalue weighted by molar-refractivity contribution is 6.07. The molecule has 0 aromatic heterocycles. The third-order valence-electron chi connectivity index (χ3n) is 3.13. The summed E-state index contributed by atoms with van der Waals surface area (Å²) in [4.78, 5) is 12.1. The van der Waals surface area contributed by atoms with E-state index in [0.717, 1.165) is 17.7 Å².